The first-order valence-corrected chi connectivity index (χ1v) is 9.25. The van der Waals surface area contributed by atoms with Gasteiger partial charge in [-0.15, -0.1) is 0 Å². The van der Waals surface area contributed by atoms with Gasteiger partial charge in [-0.2, -0.15) is 0 Å². The fraction of sp³-hybridized carbons (Fsp3) is 0.333. The molecule has 2 aromatic rings. The van der Waals surface area contributed by atoms with Crippen LogP contribution in [-0.4, -0.2) is 39.6 Å². The Balaban J connectivity index is 0.000000353. The van der Waals surface area contributed by atoms with Crippen molar-refractivity contribution < 1.29 is 25.3 Å². The van der Waals surface area contributed by atoms with Crippen molar-refractivity contribution in [2.45, 2.75) is 37.8 Å². The molecule has 2 aromatic carbocycles. The Labute approximate surface area is 168 Å². The summed E-state index contributed by atoms with van der Waals surface area (Å²) in [5.41, 5.74) is 5.77. The first-order chi connectivity index (χ1) is 12.8. The standard InChI is InChI=1S/C19H20ClN.C2H2O4.H2O/c1-4-18-14-8-6-7-9-15(14)19(5-2,21(18)3)17-12-13(20)10-11-16(17)18;3-1(4)2(5)6;/h6-12H,4-5H2,1-3H3;(H,3,4)(H,5,6);1H2. The Kier molecular flexibility index (Phi) is 5.90. The van der Waals surface area contributed by atoms with Crippen LogP contribution in [0, 0.1) is 0 Å². The minimum atomic E-state index is -1.82. The topological polar surface area (TPSA) is 109 Å². The number of carboxylic acids is 2. The van der Waals surface area contributed by atoms with Crippen LogP contribution in [0.25, 0.3) is 0 Å². The molecule has 4 N–H and O–H groups in total. The number of fused-ring (bicyclic) bond motifs is 8. The minimum absolute atomic E-state index is 0. The lowest BCUT2D eigenvalue weighted by Gasteiger charge is -2.36. The Hall–Kier alpha value is -2.41. The van der Waals surface area contributed by atoms with E-state index < -0.39 is 11.9 Å². The molecule has 0 radical (unpaired) electrons. The van der Waals surface area contributed by atoms with Gasteiger partial charge < -0.3 is 15.7 Å². The second-order valence-corrected chi connectivity index (χ2v) is 7.27. The van der Waals surface area contributed by atoms with E-state index in [0.29, 0.717) is 0 Å². The zero-order valence-electron chi connectivity index (χ0n) is 16.0. The maximum atomic E-state index is 9.10. The number of carbonyl (C=O) groups is 2. The van der Waals surface area contributed by atoms with Crippen LogP contribution in [0.4, 0.5) is 0 Å². The summed E-state index contributed by atoms with van der Waals surface area (Å²) in [6.07, 6.45) is 2.15. The van der Waals surface area contributed by atoms with E-state index in [2.05, 4.69) is 62.2 Å². The lowest BCUT2D eigenvalue weighted by molar-refractivity contribution is -0.159. The lowest BCUT2D eigenvalue weighted by Crippen LogP contribution is -2.42. The Morgan fingerprint density at radius 1 is 0.893 bits per heavy atom. The van der Waals surface area contributed by atoms with E-state index in [0.717, 1.165) is 17.9 Å². The number of benzene rings is 2. The second kappa shape index (κ2) is 7.54. The molecule has 0 aromatic heterocycles. The third-order valence-corrected chi connectivity index (χ3v) is 6.28. The maximum Gasteiger partial charge on any atom is 0.414 e. The molecule has 6 nitrogen and oxygen atoms in total. The van der Waals surface area contributed by atoms with Crippen LogP contribution in [-0.2, 0) is 20.7 Å². The van der Waals surface area contributed by atoms with Crippen molar-refractivity contribution in [1.29, 1.82) is 0 Å². The summed E-state index contributed by atoms with van der Waals surface area (Å²) in [5.74, 6) is -3.65. The van der Waals surface area contributed by atoms with Gasteiger partial charge in [0, 0.05) is 5.02 Å². The van der Waals surface area contributed by atoms with Gasteiger partial charge in [0.2, 0.25) is 0 Å². The molecule has 2 unspecified atom stereocenters. The molecule has 0 spiro atoms. The summed E-state index contributed by atoms with van der Waals surface area (Å²) in [4.78, 5) is 20.8. The first-order valence-electron chi connectivity index (χ1n) is 8.88. The molecule has 150 valence electrons. The molecule has 7 heteroatoms. The maximum absolute atomic E-state index is 9.10. The molecule has 0 saturated carbocycles. The monoisotopic (exact) mass is 405 g/mol. The van der Waals surface area contributed by atoms with Gasteiger partial charge in [0.15, 0.2) is 0 Å². The average molecular weight is 406 g/mol. The molecule has 0 amide bonds. The number of hydrogen-bond acceptors (Lipinski definition) is 3. The van der Waals surface area contributed by atoms with Crippen molar-refractivity contribution in [3.63, 3.8) is 0 Å². The molecule has 2 aliphatic rings. The summed E-state index contributed by atoms with van der Waals surface area (Å²) >= 11 is 6.32. The zero-order chi connectivity index (χ0) is 20.0. The van der Waals surface area contributed by atoms with Crippen molar-refractivity contribution in [3.05, 3.63) is 69.7 Å². The van der Waals surface area contributed by atoms with Gasteiger partial charge in [0.1, 0.15) is 0 Å². The molecule has 4 rings (SSSR count). The smallest absolute Gasteiger partial charge is 0.414 e. The van der Waals surface area contributed by atoms with Crippen LogP contribution >= 0.6 is 11.6 Å². The number of rotatable bonds is 2. The van der Waals surface area contributed by atoms with E-state index in [9.17, 15) is 0 Å². The van der Waals surface area contributed by atoms with Crippen LogP contribution in [0.1, 0.15) is 48.9 Å². The van der Waals surface area contributed by atoms with Crippen molar-refractivity contribution in [3.8, 4) is 0 Å². The highest BCUT2D eigenvalue weighted by molar-refractivity contribution is 6.30. The normalized spacial score (nSPS) is 23.7. The fourth-order valence-electron chi connectivity index (χ4n) is 5.00. The van der Waals surface area contributed by atoms with Crippen LogP contribution in [0.15, 0.2) is 42.5 Å². The van der Waals surface area contributed by atoms with Crippen molar-refractivity contribution in [2.75, 3.05) is 7.05 Å². The highest BCUT2D eigenvalue weighted by atomic mass is 35.5. The van der Waals surface area contributed by atoms with E-state index in [1.54, 1.807) is 0 Å². The lowest BCUT2D eigenvalue weighted by atomic mass is 9.71. The summed E-state index contributed by atoms with van der Waals surface area (Å²) < 4.78 is 0. The molecule has 2 heterocycles. The number of halogens is 1. The van der Waals surface area contributed by atoms with Gasteiger partial charge >= 0.3 is 11.9 Å². The highest BCUT2D eigenvalue weighted by Gasteiger charge is 2.63. The number of carboxylic acid groups (broad SMARTS) is 2. The Bertz CT molecular complexity index is 919. The minimum Gasteiger partial charge on any atom is -0.473 e. The third kappa shape index (κ3) is 2.64. The van der Waals surface area contributed by atoms with Gasteiger partial charge in [-0.25, -0.2) is 9.59 Å². The average Bonchev–Trinajstić information content (AvgIpc) is 3.01. The number of hydrogen-bond donors (Lipinski definition) is 2. The van der Waals surface area contributed by atoms with E-state index in [1.165, 1.54) is 22.3 Å². The predicted octanol–water partition coefficient (Wildman–Crippen LogP) is 3.24. The van der Waals surface area contributed by atoms with Crippen LogP contribution in [0.5, 0.6) is 0 Å². The SMILES string of the molecule is CCC12c3ccccc3C(CC)(c3cc(Cl)ccc31)N2C.O.O=C(O)C(=O)O. The van der Waals surface area contributed by atoms with Gasteiger partial charge in [-0.3, -0.25) is 4.90 Å². The van der Waals surface area contributed by atoms with Crippen molar-refractivity contribution >= 4 is 23.5 Å². The largest absolute Gasteiger partial charge is 0.473 e. The predicted molar refractivity (Wildman–Crippen MR) is 107 cm³/mol. The van der Waals surface area contributed by atoms with E-state index in [-0.39, 0.29) is 16.6 Å². The first kappa shape index (κ1) is 21.9. The van der Waals surface area contributed by atoms with Crippen LogP contribution in [0.2, 0.25) is 5.02 Å². The molecular weight excluding hydrogens is 382 g/mol. The van der Waals surface area contributed by atoms with Gasteiger partial charge in [-0.1, -0.05) is 55.8 Å². The highest BCUT2D eigenvalue weighted by Crippen LogP contribution is 2.64. The summed E-state index contributed by atoms with van der Waals surface area (Å²) in [6, 6.07) is 15.4. The molecule has 2 atom stereocenters. The number of aliphatic carboxylic acids is 2. The second-order valence-electron chi connectivity index (χ2n) is 6.83. The summed E-state index contributed by atoms with van der Waals surface area (Å²) in [6.45, 7) is 4.58. The molecule has 2 bridgehead atoms. The Morgan fingerprint density at radius 3 is 1.75 bits per heavy atom. The van der Waals surface area contributed by atoms with Crippen molar-refractivity contribution in [1.82, 2.24) is 4.90 Å². The van der Waals surface area contributed by atoms with E-state index in [1.807, 2.05) is 6.07 Å². The summed E-state index contributed by atoms with van der Waals surface area (Å²) in [5, 5.41) is 15.6. The molecule has 28 heavy (non-hydrogen) atoms. The molecule has 0 fully saturated rings. The summed E-state index contributed by atoms with van der Waals surface area (Å²) in [7, 11) is 2.28. The Morgan fingerprint density at radius 2 is 1.32 bits per heavy atom. The third-order valence-electron chi connectivity index (χ3n) is 6.04. The van der Waals surface area contributed by atoms with Gasteiger partial charge in [0.05, 0.1) is 11.1 Å². The van der Waals surface area contributed by atoms with Gasteiger partial charge in [0.25, 0.3) is 0 Å². The van der Waals surface area contributed by atoms with Crippen LogP contribution in [0.3, 0.4) is 0 Å². The van der Waals surface area contributed by atoms with Crippen molar-refractivity contribution in [2.24, 2.45) is 0 Å². The van der Waals surface area contributed by atoms with Crippen LogP contribution < -0.4 is 0 Å². The van der Waals surface area contributed by atoms with Gasteiger partial charge in [-0.05, 0) is 54.3 Å². The number of nitrogens with zero attached hydrogens (tertiary/aromatic N) is 1. The molecule has 0 saturated heterocycles. The fourth-order valence-corrected chi connectivity index (χ4v) is 5.17. The molecular formula is C21H24ClNO5. The zero-order valence-corrected chi connectivity index (χ0v) is 16.7. The molecule has 2 aliphatic heterocycles. The molecule has 0 aliphatic carbocycles. The quantitative estimate of drug-likeness (QED) is 0.745. The van der Waals surface area contributed by atoms with E-state index in [4.69, 9.17) is 31.4 Å². The van der Waals surface area contributed by atoms with E-state index >= 15 is 0 Å².